The SMILES string of the molecule is CC1(C)c2ccccc2-c2ccc(N(c3ccccc3)c3ccc4c(c3)C(C)(C)c3cc5c(N(c6ccccc6)c6ccc7c(c6)C(C)(C)c6ccccc6-7)c6ccccc6c(N(c6ccccc6)c6ccc7c(c6)C(C)(C)c6ccccc6-7)c5cc3-4)cc21. The summed E-state index contributed by atoms with van der Waals surface area (Å²) in [4.78, 5) is 7.62. The van der Waals surface area contributed by atoms with E-state index < -0.39 is 5.41 Å². The quantitative estimate of drug-likeness (QED) is 0.105. The Hall–Kier alpha value is -10.2. The van der Waals surface area contributed by atoms with Crippen LogP contribution in [0.15, 0.2) is 273 Å². The van der Waals surface area contributed by atoms with Crippen LogP contribution >= 0.6 is 0 Å². The van der Waals surface area contributed by atoms with Gasteiger partial charge in [0, 0.05) is 83.0 Å². The molecule has 13 aromatic carbocycles. The Balaban J connectivity index is 0.932. The molecule has 0 fully saturated rings. The predicted octanol–water partition coefficient (Wildman–Crippen LogP) is 23.6. The minimum absolute atomic E-state index is 0.144. The first kappa shape index (κ1) is 53.1. The zero-order valence-corrected chi connectivity index (χ0v) is 51.8. The van der Waals surface area contributed by atoms with Gasteiger partial charge < -0.3 is 14.7 Å². The molecule has 17 rings (SSSR count). The molecule has 3 nitrogen and oxygen atoms in total. The van der Waals surface area contributed by atoms with Crippen LogP contribution in [0.1, 0.15) is 99.9 Å². The van der Waals surface area contributed by atoms with Crippen molar-refractivity contribution in [1.29, 1.82) is 0 Å². The molecule has 0 atom stereocenters. The van der Waals surface area contributed by atoms with Crippen LogP contribution in [0.2, 0.25) is 0 Å². The molecular formula is C86H69N3. The van der Waals surface area contributed by atoms with E-state index in [1.165, 1.54) is 111 Å². The van der Waals surface area contributed by atoms with Crippen molar-refractivity contribution in [3.8, 4) is 44.5 Å². The summed E-state index contributed by atoms with van der Waals surface area (Å²) in [5, 5.41) is 4.71. The van der Waals surface area contributed by atoms with E-state index in [0.717, 1.165) is 51.2 Å². The van der Waals surface area contributed by atoms with Crippen molar-refractivity contribution < 1.29 is 0 Å². The van der Waals surface area contributed by atoms with E-state index in [-0.39, 0.29) is 16.2 Å². The summed E-state index contributed by atoms with van der Waals surface area (Å²) in [5.74, 6) is 0. The summed E-state index contributed by atoms with van der Waals surface area (Å²) in [6.07, 6.45) is 0. The molecular weight excluding hydrogens is 1070 g/mol. The lowest BCUT2D eigenvalue weighted by Gasteiger charge is -2.34. The number of nitrogens with zero attached hydrogens (tertiary/aromatic N) is 3. The summed E-state index contributed by atoms with van der Waals surface area (Å²) in [6.45, 7) is 19.2. The molecule has 0 heterocycles. The second kappa shape index (κ2) is 19.1. The second-order valence-corrected chi connectivity index (χ2v) is 27.3. The van der Waals surface area contributed by atoms with Gasteiger partial charge in [0.1, 0.15) is 0 Å². The lowest BCUT2D eigenvalue weighted by Crippen LogP contribution is -2.19. The third kappa shape index (κ3) is 7.64. The number of hydrogen-bond donors (Lipinski definition) is 0. The van der Waals surface area contributed by atoms with Gasteiger partial charge >= 0.3 is 0 Å². The summed E-state index contributed by atoms with van der Waals surface area (Å²) in [6, 6.07) is 103. The summed E-state index contributed by atoms with van der Waals surface area (Å²) in [7, 11) is 0. The lowest BCUT2D eigenvalue weighted by atomic mass is 9.81. The molecule has 89 heavy (non-hydrogen) atoms. The van der Waals surface area contributed by atoms with E-state index in [1.54, 1.807) is 0 Å². The summed E-state index contributed by atoms with van der Waals surface area (Å²) in [5.41, 5.74) is 30.4. The predicted molar refractivity (Wildman–Crippen MR) is 376 cm³/mol. The Labute approximate surface area is 523 Å². The molecule has 0 N–H and O–H groups in total. The number of hydrogen-bond acceptors (Lipinski definition) is 3. The van der Waals surface area contributed by atoms with Crippen molar-refractivity contribution in [1.82, 2.24) is 0 Å². The van der Waals surface area contributed by atoms with Crippen LogP contribution in [0.5, 0.6) is 0 Å². The molecule has 0 amide bonds. The fourth-order valence-corrected chi connectivity index (χ4v) is 16.5. The Kier molecular flexibility index (Phi) is 11.4. The molecule has 0 aliphatic heterocycles. The number of benzene rings is 13. The first-order chi connectivity index (χ1) is 43.2. The smallest absolute Gasteiger partial charge is 0.0620 e. The molecule has 428 valence electrons. The van der Waals surface area contributed by atoms with Crippen LogP contribution in [-0.2, 0) is 21.7 Å². The van der Waals surface area contributed by atoms with Crippen LogP contribution in [0.3, 0.4) is 0 Å². The van der Waals surface area contributed by atoms with Crippen LogP contribution in [0.25, 0.3) is 66.1 Å². The van der Waals surface area contributed by atoms with Gasteiger partial charge in [0.25, 0.3) is 0 Å². The molecule has 4 aliphatic rings. The standard InChI is InChI=1S/C86H69N3/c1-83(2)73-37-23-20-32-61(73)64-44-40-57(48-76(64)83)87(54-26-12-9-13-27-54)58-41-47-67-70-52-71-72(53-80(70)86(7,8)79(67)49-58)82(89(56-30-16-11-17-31-56)60-43-46-66-63-34-22-25-39-75(63)85(5,6)78(66)51-60)69-36-19-18-35-68(69)81(71)88(55-28-14-10-15-29-55)59-42-45-65-62-33-21-24-38-74(62)84(3,4)77(65)50-59/h9-53H,1-8H3. The molecule has 0 unspecified atom stereocenters. The van der Waals surface area contributed by atoms with Crippen LogP contribution in [0, 0.1) is 0 Å². The highest BCUT2D eigenvalue weighted by molar-refractivity contribution is 6.24. The minimum Gasteiger partial charge on any atom is -0.310 e. The summed E-state index contributed by atoms with van der Waals surface area (Å²) < 4.78 is 0. The normalized spacial score (nSPS) is 15.1. The van der Waals surface area contributed by atoms with E-state index in [9.17, 15) is 0 Å². The molecule has 13 aromatic rings. The fraction of sp³-hybridized carbons (Fsp3) is 0.140. The van der Waals surface area contributed by atoms with Crippen molar-refractivity contribution in [2.75, 3.05) is 14.7 Å². The van der Waals surface area contributed by atoms with Gasteiger partial charge in [-0.2, -0.15) is 0 Å². The van der Waals surface area contributed by atoms with E-state index in [2.05, 4.69) is 343 Å². The maximum Gasteiger partial charge on any atom is 0.0620 e. The van der Waals surface area contributed by atoms with Gasteiger partial charge in [0.2, 0.25) is 0 Å². The van der Waals surface area contributed by atoms with Crippen molar-refractivity contribution in [3.63, 3.8) is 0 Å². The van der Waals surface area contributed by atoms with Crippen LogP contribution < -0.4 is 14.7 Å². The second-order valence-electron chi connectivity index (χ2n) is 27.3. The lowest BCUT2D eigenvalue weighted by molar-refractivity contribution is 0.660. The largest absolute Gasteiger partial charge is 0.310 e. The van der Waals surface area contributed by atoms with Crippen molar-refractivity contribution in [2.45, 2.75) is 77.0 Å². The van der Waals surface area contributed by atoms with Crippen LogP contribution in [0.4, 0.5) is 51.2 Å². The fourth-order valence-electron chi connectivity index (χ4n) is 16.5. The van der Waals surface area contributed by atoms with Gasteiger partial charge in [-0.25, -0.2) is 0 Å². The minimum atomic E-state index is -0.400. The molecule has 4 aliphatic carbocycles. The third-order valence-corrected chi connectivity index (χ3v) is 21.0. The van der Waals surface area contributed by atoms with Gasteiger partial charge in [0.05, 0.1) is 11.4 Å². The van der Waals surface area contributed by atoms with E-state index in [0.29, 0.717) is 0 Å². The van der Waals surface area contributed by atoms with E-state index in [4.69, 9.17) is 0 Å². The Bertz CT molecular complexity index is 5090. The van der Waals surface area contributed by atoms with Crippen molar-refractivity contribution in [2.24, 2.45) is 0 Å². The number of fused-ring (bicyclic) bond motifs is 14. The molecule has 0 spiro atoms. The average Bonchev–Trinajstić information content (AvgIpc) is 1.73. The zero-order valence-electron chi connectivity index (χ0n) is 51.8. The molecule has 0 saturated heterocycles. The Morgan fingerprint density at radius 3 is 0.809 bits per heavy atom. The van der Waals surface area contributed by atoms with E-state index >= 15 is 0 Å². The topological polar surface area (TPSA) is 9.72 Å². The first-order valence-corrected chi connectivity index (χ1v) is 31.7. The van der Waals surface area contributed by atoms with Crippen LogP contribution in [-0.4, -0.2) is 0 Å². The monoisotopic (exact) mass is 1140 g/mol. The summed E-state index contributed by atoms with van der Waals surface area (Å²) >= 11 is 0. The zero-order chi connectivity index (χ0) is 60.3. The molecule has 0 bridgehead atoms. The van der Waals surface area contributed by atoms with Crippen molar-refractivity contribution >= 4 is 72.7 Å². The molecule has 3 heteroatoms. The van der Waals surface area contributed by atoms with Gasteiger partial charge in [-0.05, 0) is 186 Å². The van der Waals surface area contributed by atoms with Gasteiger partial charge in [0.15, 0.2) is 0 Å². The Morgan fingerprint density at radius 1 is 0.180 bits per heavy atom. The molecule has 0 aromatic heterocycles. The molecule has 0 saturated carbocycles. The Morgan fingerprint density at radius 2 is 0.438 bits per heavy atom. The highest BCUT2D eigenvalue weighted by Gasteiger charge is 2.42. The maximum absolute atomic E-state index is 2.60. The van der Waals surface area contributed by atoms with Gasteiger partial charge in [-0.15, -0.1) is 0 Å². The van der Waals surface area contributed by atoms with E-state index in [1.807, 2.05) is 0 Å². The third-order valence-electron chi connectivity index (χ3n) is 21.0. The van der Waals surface area contributed by atoms with Crippen molar-refractivity contribution in [3.05, 3.63) is 317 Å². The number of para-hydroxylation sites is 3. The number of anilines is 9. The highest BCUT2D eigenvalue weighted by atomic mass is 15.2. The molecule has 0 radical (unpaired) electrons. The highest BCUT2D eigenvalue weighted by Crippen LogP contribution is 2.60. The average molecular weight is 1140 g/mol. The maximum atomic E-state index is 2.60. The van der Waals surface area contributed by atoms with Gasteiger partial charge in [-0.1, -0.05) is 231 Å². The first-order valence-electron chi connectivity index (χ1n) is 31.7. The number of rotatable bonds is 9. The van der Waals surface area contributed by atoms with Gasteiger partial charge in [-0.3, -0.25) is 0 Å².